The number of carbonyl (C=O) groups is 3. The largest absolute Gasteiger partial charge is 0.466 e. The zero-order chi connectivity index (χ0) is 46.6. The molecule has 0 aliphatic heterocycles. The average Bonchev–Trinajstić information content (AvgIpc) is 3.31. The first-order chi connectivity index (χ1) is 31.4. The molecule has 1 aromatic heterocycles. The Morgan fingerprint density at radius 1 is 0.547 bits per heavy atom. The molecule has 11 nitrogen and oxygen atoms in total. The summed E-state index contributed by atoms with van der Waals surface area (Å²) >= 11 is 0. The average molecular weight is 902 g/mol. The van der Waals surface area contributed by atoms with Gasteiger partial charge in [0, 0.05) is 45.6 Å². The molecule has 0 saturated carbocycles. The molecule has 11 heteroatoms. The second kappa shape index (κ2) is 44.1. The highest BCUT2D eigenvalue weighted by Gasteiger charge is 2.19. The zero-order valence-electron chi connectivity index (χ0n) is 42.2. The first kappa shape index (κ1) is 59.2. The van der Waals surface area contributed by atoms with Crippen LogP contribution in [0.4, 0.5) is 5.95 Å². The molecule has 2 N–H and O–H groups in total. The molecule has 1 aromatic rings. The summed E-state index contributed by atoms with van der Waals surface area (Å²) in [5, 5.41) is 5.72. The number of hydrogen-bond acceptors (Lipinski definition) is 10. The van der Waals surface area contributed by atoms with Crippen molar-refractivity contribution in [3.8, 4) is 0 Å². The summed E-state index contributed by atoms with van der Waals surface area (Å²) in [6.07, 6.45) is 38.3. The summed E-state index contributed by atoms with van der Waals surface area (Å²) in [5.41, 5.74) is 0.418. The number of amides is 1. The van der Waals surface area contributed by atoms with Crippen LogP contribution in [-0.2, 0) is 23.8 Å². The van der Waals surface area contributed by atoms with Gasteiger partial charge in [-0.2, -0.15) is 0 Å². The lowest BCUT2D eigenvalue weighted by atomic mass is 9.90. The van der Waals surface area contributed by atoms with E-state index in [-0.39, 0.29) is 23.8 Å². The number of carbonyl (C=O) groups excluding carboxylic acids is 3. The van der Waals surface area contributed by atoms with Crippen molar-refractivity contribution in [1.29, 1.82) is 0 Å². The van der Waals surface area contributed by atoms with E-state index in [0.717, 1.165) is 96.7 Å². The summed E-state index contributed by atoms with van der Waals surface area (Å²) in [6, 6.07) is 0. The lowest BCUT2D eigenvalue weighted by Crippen LogP contribution is -2.29. The Hall–Kier alpha value is -2.79. The molecule has 0 aliphatic carbocycles. The zero-order valence-corrected chi connectivity index (χ0v) is 42.2. The number of rotatable bonds is 47. The maximum absolute atomic E-state index is 13.1. The van der Waals surface area contributed by atoms with Gasteiger partial charge in [-0.15, -0.1) is 0 Å². The van der Waals surface area contributed by atoms with Gasteiger partial charge in [-0.3, -0.25) is 14.4 Å². The van der Waals surface area contributed by atoms with Crippen molar-refractivity contribution < 1.29 is 28.6 Å². The molecule has 1 unspecified atom stereocenters. The molecule has 1 amide bonds. The van der Waals surface area contributed by atoms with Crippen molar-refractivity contribution in [2.45, 2.75) is 227 Å². The van der Waals surface area contributed by atoms with Gasteiger partial charge < -0.3 is 29.7 Å². The van der Waals surface area contributed by atoms with E-state index in [0.29, 0.717) is 56.8 Å². The first-order valence-corrected chi connectivity index (χ1v) is 26.8. The van der Waals surface area contributed by atoms with Crippen LogP contribution >= 0.6 is 0 Å². The number of unbranched alkanes of at least 4 members (excludes halogenated alkanes) is 18. The van der Waals surface area contributed by atoms with E-state index in [9.17, 15) is 14.4 Å². The molecule has 0 saturated heterocycles. The Kier molecular flexibility index (Phi) is 40.8. The molecule has 1 rings (SSSR count). The van der Waals surface area contributed by atoms with Crippen LogP contribution in [0.1, 0.15) is 237 Å². The Balaban J connectivity index is 2.51. The van der Waals surface area contributed by atoms with Crippen LogP contribution in [0.5, 0.6) is 0 Å². The minimum absolute atomic E-state index is 0.0222. The summed E-state index contributed by atoms with van der Waals surface area (Å²) in [4.78, 5) is 49.0. The number of hydrogen-bond donors (Lipinski definition) is 2. The lowest BCUT2D eigenvalue weighted by molar-refractivity contribution is -0.149. The van der Waals surface area contributed by atoms with Crippen LogP contribution < -0.4 is 10.6 Å². The van der Waals surface area contributed by atoms with Crippen molar-refractivity contribution in [2.75, 3.05) is 65.0 Å². The fourth-order valence-electron chi connectivity index (χ4n) is 8.36. The Labute approximate surface area is 392 Å². The maximum Gasteiger partial charge on any atom is 0.308 e. The van der Waals surface area contributed by atoms with Gasteiger partial charge in [0.25, 0.3) is 5.91 Å². The summed E-state index contributed by atoms with van der Waals surface area (Å²) < 4.78 is 17.5. The highest BCUT2D eigenvalue weighted by molar-refractivity contribution is 5.93. The van der Waals surface area contributed by atoms with Crippen molar-refractivity contribution in [3.05, 3.63) is 18.0 Å². The van der Waals surface area contributed by atoms with E-state index >= 15 is 0 Å². The number of nitrogens with zero attached hydrogens (tertiary/aromatic N) is 3. The van der Waals surface area contributed by atoms with Gasteiger partial charge in [0.1, 0.15) is 0 Å². The van der Waals surface area contributed by atoms with Gasteiger partial charge in [0.05, 0.1) is 31.3 Å². The molecule has 372 valence electrons. The number of anilines is 1. The third-order valence-corrected chi connectivity index (χ3v) is 12.5. The molecule has 0 bridgehead atoms. The van der Waals surface area contributed by atoms with E-state index in [2.05, 4.69) is 53.2 Å². The summed E-state index contributed by atoms with van der Waals surface area (Å²) in [5.74, 6) is 0.945. The van der Waals surface area contributed by atoms with Crippen LogP contribution in [0.3, 0.4) is 0 Å². The van der Waals surface area contributed by atoms with Crippen molar-refractivity contribution in [3.63, 3.8) is 0 Å². The van der Waals surface area contributed by atoms with Crippen LogP contribution in [-0.4, -0.2) is 92.4 Å². The Morgan fingerprint density at radius 3 is 1.59 bits per heavy atom. The standard InChI is InChI=1S/C53H99N5O6/c1-6-10-14-18-19-25-34-48(33-24-17-13-9-4)52(61)64-43-29-21-27-39-58(40-30-41-62-44-37-55-51(60)49-45-56-53(54-5)57-46-49)38-26-20-28-42-63-50(59)36-35-47(31-22-15-11-7-2)32-23-16-12-8-3/h45-48H,6-44H2,1-5H3,(H,55,60)(H,54,56,57). The number of aromatic nitrogens is 2. The quantitative estimate of drug-likeness (QED) is 0.0481. The van der Waals surface area contributed by atoms with E-state index in [1.54, 1.807) is 7.05 Å². The minimum Gasteiger partial charge on any atom is -0.466 e. The molecule has 0 radical (unpaired) electrons. The predicted octanol–water partition coefficient (Wildman–Crippen LogP) is 13.1. The van der Waals surface area contributed by atoms with Crippen LogP contribution in [0.25, 0.3) is 0 Å². The SMILES string of the molecule is CCCCCCCCC(CCCCCC)C(=O)OCCCCCN(CCCCCOC(=O)CCC(CCCCCC)CCCCCC)CCCOCCNC(=O)c1cnc(NC)nc1. The topological polar surface area (TPSA) is 132 Å². The van der Waals surface area contributed by atoms with E-state index < -0.39 is 0 Å². The molecule has 0 aromatic carbocycles. The van der Waals surface area contributed by atoms with E-state index in [1.807, 2.05) is 0 Å². The first-order valence-electron chi connectivity index (χ1n) is 26.8. The van der Waals surface area contributed by atoms with Gasteiger partial charge in [0.2, 0.25) is 5.95 Å². The molecular formula is C53H99N5O6. The Morgan fingerprint density at radius 2 is 1.03 bits per heavy atom. The molecule has 0 aliphatic rings. The monoisotopic (exact) mass is 902 g/mol. The van der Waals surface area contributed by atoms with Gasteiger partial charge in [-0.1, -0.05) is 156 Å². The normalized spacial score (nSPS) is 11.9. The maximum atomic E-state index is 13.1. The highest BCUT2D eigenvalue weighted by atomic mass is 16.5. The Bertz CT molecular complexity index is 1210. The third kappa shape index (κ3) is 34.5. The highest BCUT2D eigenvalue weighted by Crippen LogP contribution is 2.24. The summed E-state index contributed by atoms with van der Waals surface area (Å²) in [7, 11) is 1.74. The van der Waals surface area contributed by atoms with E-state index in [4.69, 9.17) is 14.2 Å². The number of ether oxygens (including phenoxy) is 3. The number of esters is 2. The van der Waals surface area contributed by atoms with Gasteiger partial charge in [0.15, 0.2) is 0 Å². The lowest BCUT2D eigenvalue weighted by Gasteiger charge is -2.22. The molecule has 64 heavy (non-hydrogen) atoms. The molecule has 0 spiro atoms. The van der Waals surface area contributed by atoms with Crippen LogP contribution in [0.15, 0.2) is 12.4 Å². The second-order valence-electron chi connectivity index (χ2n) is 18.3. The minimum atomic E-state index is -0.215. The molecule has 1 heterocycles. The number of nitrogens with one attached hydrogen (secondary N) is 2. The summed E-state index contributed by atoms with van der Waals surface area (Å²) in [6.45, 7) is 14.4. The fourth-order valence-corrected chi connectivity index (χ4v) is 8.36. The van der Waals surface area contributed by atoms with Gasteiger partial charge >= 0.3 is 11.9 Å². The third-order valence-electron chi connectivity index (χ3n) is 12.5. The fraction of sp³-hybridized carbons (Fsp3) is 0.868. The van der Waals surface area contributed by atoms with Crippen molar-refractivity contribution >= 4 is 23.8 Å². The van der Waals surface area contributed by atoms with E-state index in [1.165, 1.54) is 128 Å². The van der Waals surface area contributed by atoms with Crippen LogP contribution in [0.2, 0.25) is 0 Å². The second-order valence-corrected chi connectivity index (χ2v) is 18.3. The molecule has 1 atom stereocenters. The van der Waals surface area contributed by atoms with Gasteiger partial charge in [-0.25, -0.2) is 9.97 Å². The smallest absolute Gasteiger partial charge is 0.308 e. The molecular weight excluding hydrogens is 803 g/mol. The van der Waals surface area contributed by atoms with Crippen LogP contribution in [0, 0.1) is 11.8 Å². The van der Waals surface area contributed by atoms with Crippen molar-refractivity contribution in [2.24, 2.45) is 11.8 Å². The van der Waals surface area contributed by atoms with Crippen molar-refractivity contribution in [1.82, 2.24) is 20.2 Å². The molecule has 0 fully saturated rings. The van der Waals surface area contributed by atoms with Gasteiger partial charge in [-0.05, 0) is 83.2 Å². The predicted molar refractivity (Wildman–Crippen MR) is 266 cm³/mol.